The first-order valence-corrected chi connectivity index (χ1v) is 3.54. The summed E-state index contributed by atoms with van der Waals surface area (Å²) in [5.74, 6) is 0.0172. The lowest BCUT2D eigenvalue weighted by Gasteiger charge is -2.05. The number of carbonyl (C=O) groups excluding carboxylic acids is 1. The molecule has 0 unspecified atom stereocenters. The molecule has 2 nitrogen and oxygen atoms in total. The summed E-state index contributed by atoms with van der Waals surface area (Å²) in [6.45, 7) is 0. The first kappa shape index (κ1) is 8.71. The molecule has 3 heteroatoms. The zero-order chi connectivity index (χ0) is 8.97. The number of rotatable bonds is 3. The molecule has 0 aliphatic heterocycles. The number of hydrogen-bond acceptors (Lipinski definition) is 2. The molecule has 0 aromatic heterocycles. The SMILES string of the molecule is COc1cccc(F)c1CC=O. The second kappa shape index (κ2) is 3.85. The van der Waals surface area contributed by atoms with Crippen molar-refractivity contribution >= 4 is 6.29 Å². The molecule has 64 valence electrons. The van der Waals surface area contributed by atoms with Crippen molar-refractivity contribution in [3.63, 3.8) is 0 Å². The Bertz CT molecular complexity index is 284. The number of methoxy groups -OCH3 is 1. The summed E-state index contributed by atoms with van der Waals surface area (Å²) in [7, 11) is 1.45. The molecule has 0 atom stereocenters. The van der Waals surface area contributed by atoms with Crippen LogP contribution in [-0.2, 0) is 11.2 Å². The average Bonchev–Trinajstić information content (AvgIpc) is 2.09. The first-order valence-electron chi connectivity index (χ1n) is 3.54. The monoisotopic (exact) mass is 168 g/mol. The summed E-state index contributed by atoms with van der Waals surface area (Å²) in [6.07, 6.45) is 0.705. The molecule has 1 rings (SSSR count). The minimum atomic E-state index is -0.401. The molecule has 0 aliphatic rings. The number of aldehydes is 1. The van der Waals surface area contributed by atoms with Crippen LogP contribution < -0.4 is 4.74 Å². The van der Waals surface area contributed by atoms with E-state index in [0.717, 1.165) is 0 Å². The van der Waals surface area contributed by atoms with Crippen LogP contribution in [0.25, 0.3) is 0 Å². The van der Waals surface area contributed by atoms with Crippen molar-refractivity contribution in [2.24, 2.45) is 0 Å². The fourth-order valence-corrected chi connectivity index (χ4v) is 1.01. The molecule has 12 heavy (non-hydrogen) atoms. The van der Waals surface area contributed by atoms with Crippen LogP contribution in [-0.4, -0.2) is 13.4 Å². The number of halogens is 1. The van der Waals surface area contributed by atoms with E-state index in [2.05, 4.69) is 0 Å². The van der Waals surface area contributed by atoms with Crippen molar-refractivity contribution in [3.8, 4) is 5.75 Å². The third kappa shape index (κ3) is 1.61. The maximum absolute atomic E-state index is 13.0. The molecular formula is C9H9FO2. The van der Waals surface area contributed by atoms with Crippen LogP contribution in [0.5, 0.6) is 5.75 Å². The third-order valence-electron chi connectivity index (χ3n) is 1.58. The summed E-state index contributed by atoms with van der Waals surface area (Å²) >= 11 is 0. The van der Waals surface area contributed by atoms with E-state index in [4.69, 9.17) is 4.74 Å². The van der Waals surface area contributed by atoms with Gasteiger partial charge in [0.15, 0.2) is 0 Å². The van der Waals surface area contributed by atoms with Gasteiger partial charge < -0.3 is 9.53 Å². The van der Waals surface area contributed by atoms with Gasteiger partial charge in [-0.2, -0.15) is 0 Å². The van der Waals surface area contributed by atoms with Gasteiger partial charge in [-0.05, 0) is 12.1 Å². The van der Waals surface area contributed by atoms with Crippen LogP contribution >= 0.6 is 0 Å². The molecule has 0 amide bonds. The number of ether oxygens (including phenoxy) is 1. The molecule has 0 heterocycles. The Balaban J connectivity index is 3.10. The highest BCUT2D eigenvalue weighted by Gasteiger charge is 2.06. The van der Waals surface area contributed by atoms with Gasteiger partial charge in [0.1, 0.15) is 17.9 Å². The van der Waals surface area contributed by atoms with Crippen molar-refractivity contribution in [2.45, 2.75) is 6.42 Å². The van der Waals surface area contributed by atoms with Gasteiger partial charge in [-0.25, -0.2) is 4.39 Å². The average molecular weight is 168 g/mol. The predicted molar refractivity (Wildman–Crippen MR) is 42.7 cm³/mol. The van der Waals surface area contributed by atoms with Crippen LogP contribution in [0.4, 0.5) is 4.39 Å². The highest BCUT2D eigenvalue weighted by molar-refractivity contribution is 5.57. The summed E-state index contributed by atoms with van der Waals surface area (Å²) in [4.78, 5) is 10.2. The molecule has 0 saturated carbocycles. The Morgan fingerprint density at radius 1 is 1.58 bits per heavy atom. The van der Waals surface area contributed by atoms with Crippen molar-refractivity contribution in [1.29, 1.82) is 0 Å². The van der Waals surface area contributed by atoms with Crippen LogP contribution in [0.2, 0.25) is 0 Å². The number of benzene rings is 1. The summed E-state index contributed by atoms with van der Waals surface area (Å²) < 4.78 is 17.9. The van der Waals surface area contributed by atoms with Gasteiger partial charge in [-0.15, -0.1) is 0 Å². The smallest absolute Gasteiger partial charge is 0.130 e. The standard InChI is InChI=1S/C9H9FO2/c1-12-9-4-2-3-8(10)7(9)5-6-11/h2-4,6H,5H2,1H3. The van der Waals surface area contributed by atoms with E-state index in [9.17, 15) is 9.18 Å². The van der Waals surface area contributed by atoms with Gasteiger partial charge in [-0.1, -0.05) is 6.07 Å². The Kier molecular flexibility index (Phi) is 2.80. The van der Waals surface area contributed by atoms with E-state index < -0.39 is 5.82 Å². The fraction of sp³-hybridized carbons (Fsp3) is 0.222. The van der Waals surface area contributed by atoms with Crippen molar-refractivity contribution < 1.29 is 13.9 Å². The minimum absolute atomic E-state index is 0.0514. The second-order valence-electron chi connectivity index (χ2n) is 2.29. The topological polar surface area (TPSA) is 26.3 Å². The van der Waals surface area contributed by atoms with Gasteiger partial charge in [0.05, 0.1) is 7.11 Å². The maximum atomic E-state index is 13.0. The van der Waals surface area contributed by atoms with Gasteiger partial charge >= 0.3 is 0 Å². The molecule has 1 aromatic rings. The zero-order valence-electron chi connectivity index (χ0n) is 6.71. The normalized spacial score (nSPS) is 9.50. The van der Waals surface area contributed by atoms with Gasteiger partial charge in [0.25, 0.3) is 0 Å². The lowest BCUT2D eigenvalue weighted by atomic mass is 10.1. The lowest BCUT2D eigenvalue weighted by Crippen LogP contribution is -1.96. The number of carbonyl (C=O) groups is 1. The van der Waals surface area contributed by atoms with E-state index in [-0.39, 0.29) is 6.42 Å². The molecule has 0 fully saturated rings. The molecule has 0 radical (unpaired) electrons. The predicted octanol–water partition coefficient (Wildman–Crippen LogP) is 1.58. The third-order valence-corrected chi connectivity index (χ3v) is 1.58. The second-order valence-corrected chi connectivity index (χ2v) is 2.29. The molecular weight excluding hydrogens is 159 g/mol. The van der Waals surface area contributed by atoms with Crippen molar-refractivity contribution in [3.05, 3.63) is 29.6 Å². The lowest BCUT2D eigenvalue weighted by molar-refractivity contribution is -0.107. The van der Waals surface area contributed by atoms with Crippen LogP contribution in [0.15, 0.2) is 18.2 Å². The number of hydrogen-bond donors (Lipinski definition) is 0. The van der Waals surface area contributed by atoms with Gasteiger partial charge in [-0.3, -0.25) is 0 Å². The molecule has 0 N–H and O–H groups in total. The largest absolute Gasteiger partial charge is 0.496 e. The Hall–Kier alpha value is -1.38. The summed E-state index contributed by atoms with van der Waals surface area (Å²) in [5, 5.41) is 0. The van der Waals surface area contributed by atoms with Crippen molar-refractivity contribution in [1.82, 2.24) is 0 Å². The maximum Gasteiger partial charge on any atom is 0.130 e. The molecule has 0 saturated heterocycles. The molecule has 0 spiro atoms. The van der Waals surface area contributed by atoms with E-state index >= 15 is 0 Å². The molecule has 0 bridgehead atoms. The van der Waals surface area contributed by atoms with E-state index in [1.165, 1.54) is 13.2 Å². The quantitative estimate of drug-likeness (QED) is 0.640. The highest BCUT2D eigenvalue weighted by atomic mass is 19.1. The highest BCUT2D eigenvalue weighted by Crippen LogP contribution is 2.20. The van der Waals surface area contributed by atoms with Crippen molar-refractivity contribution in [2.75, 3.05) is 7.11 Å². The minimum Gasteiger partial charge on any atom is -0.496 e. The van der Waals surface area contributed by atoms with Crippen LogP contribution in [0.1, 0.15) is 5.56 Å². The van der Waals surface area contributed by atoms with E-state index in [1.54, 1.807) is 12.1 Å². The Morgan fingerprint density at radius 2 is 2.33 bits per heavy atom. The van der Waals surface area contributed by atoms with Crippen LogP contribution in [0.3, 0.4) is 0 Å². The van der Waals surface area contributed by atoms with E-state index in [0.29, 0.717) is 17.6 Å². The van der Waals surface area contributed by atoms with Crippen LogP contribution in [0, 0.1) is 5.82 Å². The van der Waals surface area contributed by atoms with Gasteiger partial charge in [0.2, 0.25) is 0 Å². The molecule has 1 aromatic carbocycles. The summed E-state index contributed by atoms with van der Waals surface area (Å²) in [6, 6.07) is 4.48. The summed E-state index contributed by atoms with van der Waals surface area (Å²) in [5.41, 5.74) is 0.315. The van der Waals surface area contributed by atoms with E-state index in [1.807, 2.05) is 0 Å². The Morgan fingerprint density at radius 3 is 2.92 bits per heavy atom. The molecule has 0 aliphatic carbocycles. The Labute approximate surface area is 70.0 Å². The zero-order valence-corrected chi connectivity index (χ0v) is 6.71. The first-order chi connectivity index (χ1) is 5.79. The fourth-order valence-electron chi connectivity index (χ4n) is 1.01. The van der Waals surface area contributed by atoms with Gasteiger partial charge in [0, 0.05) is 12.0 Å².